The van der Waals surface area contributed by atoms with E-state index < -0.39 is 9.84 Å². The van der Waals surface area contributed by atoms with E-state index >= 15 is 0 Å². The van der Waals surface area contributed by atoms with Gasteiger partial charge in [-0.05, 0) is 13.3 Å². The van der Waals surface area contributed by atoms with Crippen LogP contribution in [0, 0.1) is 0 Å². The summed E-state index contributed by atoms with van der Waals surface area (Å²) in [7, 11) is -1.38. The summed E-state index contributed by atoms with van der Waals surface area (Å²) in [4.78, 5) is 0. The van der Waals surface area contributed by atoms with Crippen LogP contribution in [0.25, 0.3) is 0 Å². The van der Waals surface area contributed by atoms with Gasteiger partial charge in [-0.2, -0.15) is 0 Å². The van der Waals surface area contributed by atoms with Crippen molar-refractivity contribution in [3.05, 3.63) is 0 Å². The minimum absolute atomic E-state index is 0.00273. The fraction of sp³-hybridized carbons (Fsp3) is 1.00. The molecular formula is C10H23NO4S. The molecule has 0 aliphatic rings. The number of methoxy groups -OCH3 is 1. The Kier molecular flexibility index (Phi) is 7.91. The van der Waals surface area contributed by atoms with Gasteiger partial charge < -0.3 is 15.2 Å². The maximum Gasteiger partial charge on any atom is 0.151 e. The van der Waals surface area contributed by atoms with Crippen molar-refractivity contribution in [2.24, 2.45) is 0 Å². The van der Waals surface area contributed by atoms with Gasteiger partial charge in [0.1, 0.15) is 0 Å². The predicted octanol–water partition coefficient (Wildman–Crippen LogP) is -0.203. The first-order valence-corrected chi connectivity index (χ1v) is 7.33. The van der Waals surface area contributed by atoms with Crippen molar-refractivity contribution >= 4 is 9.84 Å². The van der Waals surface area contributed by atoms with E-state index in [4.69, 9.17) is 9.84 Å². The molecule has 5 nitrogen and oxygen atoms in total. The lowest BCUT2D eigenvalue weighted by atomic mass is 10.2. The molecule has 0 fully saturated rings. The third kappa shape index (κ3) is 7.16. The fourth-order valence-corrected chi connectivity index (χ4v) is 2.61. The van der Waals surface area contributed by atoms with Crippen LogP contribution in [0.3, 0.4) is 0 Å². The molecule has 16 heavy (non-hydrogen) atoms. The molecule has 0 heterocycles. The largest absolute Gasteiger partial charge is 0.396 e. The zero-order valence-electron chi connectivity index (χ0n) is 10.3. The summed E-state index contributed by atoms with van der Waals surface area (Å²) in [6, 6.07) is -0.131. The summed E-state index contributed by atoms with van der Waals surface area (Å²) in [5.41, 5.74) is 0. The highest BCUT2D eigenvalue weighted by Gasteiger charge is 2.17. The predicted molar refractivity (Wildman–Crippen MR) is 64.3 cm³/mol. The maximum atomic E-state index is 11.4. The van der Waals surface area contributed by atoms with E-state index in [1.165, 1.54) is 0 Å². The van der Waals surface area contributed by atoms with Crippen LogP contribution in [-0.2, 0) is 14.6 Å². The van der Waals surface area contributed by atoms with Crippen molar-refractivity contribution in [1.82, 2.24) is 5.32 Å². The van der Waals surface area contributed by atoms with Gasteiger partial charge in [0.05, 0.1) is 12.4 Å². The van der Waals surface area contributed by atoms with Gasteiger partial charge in [0.15, 0.2) is 9.84 Å². The lowest BCUT2D eigenvalue weighted by Gasteiger charge is -2.21. The molecule has 0 aromatic rings. The van der Waals surface area contributed by atoms with Crippen molar-refractivity contribution in [3.8, 4) is 0 Å². The second-order valence-corrected chi connectivity index (χ2v) is 6.33. The Labute approximate surface area is 98.1 Å². The molecule has 0 aromatic heterocycles. The Hall–Kier alpha value is -0.170. The van der Waals surface area contributed by atoms with Crippen LogP contribution in [0.2, 0.25) is 0 Å². The van der Waals surface area contributed by atoms with Crippen LogP contribution in [0.4, 0.5) is 0 Å². The molecule has 0 rings (SSSR count). The summed E-state index contributed by atoms with van der Waals surface area (Å²) in [6.45, 7) is 4.00. The van der Waals surface area contributed by atoms with E-state index in [-0.39, 0.29) is 30.2 Å². The first-order valence-electron chi connectivity index (χ1n) is 5.51. The third-order valence-electron chi connectivity index (χ3n) is 2.31. The number of nitrogens with one attached hydrogen (secondary N) is 1. The molecule has 0 saturated carbocycles. The number of hydrogen-bond acceptors (Lipinski definition) is 5. The topological polar surface area (TPSA) is 75.6 Å². The lowest BCUT2D eigenvalue weighted by Crippen LogP contribution is -2.43. The van der Waals surface area contributed by atoms with Crippen molar-refractivity contribution in [2.45, 2.75) is 32.4 Å². The molecule has 2 unspecified atom stereocenters. The van der Waals surface area contributed by atoms with Crippen LogP contribution >= 0.6 is 0 Å². The number of aliphatic hydroxyl groups is 1. The molecule has 2 atom stereocenters. The van der Waals surface area contributed by atoms with E-state index in [0.29, 0.717) is 13.0 Å². The molecule has 0 saturated heterocycles. The average molecular weight is 253 g/mol. The molecular weight excluding hydrogens is 230 g/mol. The summed E-state index contributed by atoms with van der Waals surface area (Å²) in [5, 5.41) is 12.0. The van der Waals surface area contributed by atoms with E-state index in [1.807, 2.05) is 6.92 Å². The van der Waals surface area contributed by atoms with Crippen LogP contribution in [0.15, 0.2) is 0 Å². The Morgan fingerprint density at radius 3 is 2.50 bits per heavy atom. The lowest BCUT2D eigenvalue weighted by molar-refractivity contribution is 0.145. The molecule has 0 spiro atoms. The minimum Gasteiger partial charge on any atom is -0.396 e. The van der Waals surface area contributed by atoms with Gasteiger partial charge in [0.2, 0.25) is 0 Å². The van der Waals surface area contributed by atoms with Crippen molar-refractivity contribution in [3.63, 3.8) is 0 Å². The van der Waals surface area contributed by atoms with Gasteiger partial charge in [0, 0.05) is 31.6 Å². The van der Waals surface area contributed by atoms with Gasteiger partial charge in [-0.1, -0.05) is 6.92 Å². The number of aliphatic hydroxyl groups excluding tert-OH is 1. The monoisotopic (exact) mass is 253 g/mol. The maximum absolute atomic E-state index is 11.4. The smallest absolute Gasteiger partial charge is 0.151 e. The van der Waals surface area contributed by atoms with Gasteiger partial charge in [-0.25, -0.2) is 8.42 Å². The third-order valence-corrected chi connectivity index (χ3v) is 4.20. The van der Waals surface area contributed by atoms with Crippen molar-refractivity contribution < 1.29 is 18.3 Å². The first-order chi connectivity index (χ1) is 7.45. The molecule has 0 bridgehead atoms. The number of rotatable bonds is 9. The molecule has 0 aliphatic carbocycles. The van der Waals surface area contributed by atoms with E-state index in [1.54, 1.807) is 14.0 Å². The van der Waals surface area contributed by atoms with Gasteiger partial charge in [-0.15, -0.1) is 0 Å². The van der Waals surface area contributed by atoms with Crippen molar-refractivity contribution in [1.29, 1.82) is 0 Å². The summed E-state index contributed by atoms with van der Waals surface area (Å²) >= 11 is 0. The quantitative estimate of drug-likeness (QED) is 0.595. The molecule has 6 heteroatoms. The highest BCUT2D eigenvalue weighted by Crippen LogP contribution is 1.99. The minimum atomic E-state index is -2.96. The van der Waals surface area contributed by atoms with Crippen LogP contribution in [-0.4, -0.2) is 57.4 Å². The number of ether oxygens (including phenoxy) is 1. The van der Waals surface area contributed by atoms with Gasteiger partial charge in [0.25, 0.3) is 0 Å². The second kappa shape index (κ2) is 8.00. The molecule has 0 radical (unpaired) electrons. The molecule has 2 N–H and O–H groups in total. The Morgan fingerprint density at radius 2 is 2.06 bits per heavy atom. The summed E-state index contributed by atoms with van der Waals surface area (Å²) in [6.07, 6.45) is 0.560. The Balaban J connectivity index is 4.13. The van der Waals surface area contributed by atoms with E-state index in [0.717, 1.165) is 0 Å². The molecule has 98 valence electrons. The standard InChI is InChI=1S/C10H23NO4S/c1-4-16(13,14)8-9(2)11-10(5-6-12)7-15-3/h9-12H,4-8H2,1-3H3. The highest BCUT2D eigenvalue weighted by molar-refractivity contribution is 7.91. The second-order valence-electron chi connectivity index (χ2n) is 3.93. The highest BCUT2D eigenvalue weighted by atomic mass is 32.2. The van der Waals surface area contributed by atoms with Crippen molar-refractivity contribution in [2.75, 3.05) is 31.8 Å². The van der Waals surface area contributed by atoms with E-state index in [9.17, 15) is 8.42 Å². The molecule has 0 aromatic carbocycles. The van der Waals surface area contributed by atoms with Crippen LogP contribution in [0.5, 0.6) is 0 Å². The summed E-state index contributed by atoms with van der Waals surface area (Å²) < 4.78 is 27.8. The molecule has 0 amide bonds. The van der Waals surface area contributed by atoms with E-state index in [2.05, 4.69) is 5.32 Å². The molecule has 0 aliphatic heterocycles. The number of sulfone groups is 1. The van der Waals surface area contributed by atoms with Gasteiger partial charge >= 0.3 is 0 Å². The fourth-order valence-electron chi connectivity index (χ4n) is 1.52. The van der Waals surface area contributed by atoms with Gasteiger partial charge in [-0.3, -0.25) is 0 Å². The first kappa shape index (κ1) is 15.8. The van der Waals surface area contributed by atoms with Crippen LogP contribution in [0.1, 0.15) is 20.3 Å². The average Bonchev–Trinajstić information content (AvgIpc) is 2.17. The zero-order chi connectivity index (χ0) is 12.6. The Morgan fingerprint density at radius 1 is 1.44 bits per heavy atom. The normalized spacial score (nSPS) is 16.0. The number of hydrogen-bond donors (Lipinski definition) is 2. The zero-order valence-corrected chi connectivity index (χ0v) is 11.1. The Bertz CT molecular complexity index is 260. The SMILES string of the molecule is CCS(=O)(=O)CC(C)NC(CCO)COC. The summed E-state index contributed by atoms with van der Waals surface area (Å²) in [5.74, 6) is 0.281. The van der Waals surface area contributed by atoms with Crippen LogP contribution < -0.4 is 5.32 Å².